The Labute approximate surface area is 148 Å². The Bertz CT molecular complexity index is 556. The van der Waals surface area contributed by atoms with E-state index in [1.54, 1.807) is 23.5 Å². The number of rotatable bonds is 7. The minimum atomic E-state index is -0.115. The van der Waals surface area contributed by atoms with Gasteiger partial charge in [-0.3, -0.25) is 0 Å². The summed E-state index contributed by atoms with van der Waals surface area (Å²) in [5, 5.41) is 21.8. The Morgan fingerprint density at radius 3 is 2.29 bits per heavy atom. The van der Waals surface area contributed by atoms with Gasteiger partial charge in [0.15, 0.2) is 0 Å². The van der Waals surface area contributed by atoms with Gasteiger partial charge >= 0.3 is 6.03 Å². The molecule has 4 N–H and O–H groups in total. The van der Waals surface area contributed by atoms with Crippen LogP contribution in [0.15, 0.2) is 41.1 Å². The molecule has 0 bridgehead atoms. The molecule has 0 atom stereocenters. The van der Waals surface area contributed by atoms with Crippen molar-refractivity contribution in [2.75, 3.05) is 27.2 Å². The van der Waals surface area contributed by atoms with Crippen molar-refractivity contribution in [3.05, 3.63) is 52.2 Å². The maximum atomic E-state index is 11.6. The first-order chi connectivity index (χ1) is 11.7. The highest BCUT2D eigenvalue weighted by Crippen LogP contribution is 2.10. The molecule has 0 fully saturated rings. The lowest BCUT2D eigenvalue weighted by Gasteiger charge is -2.07. The summed E-state index contributed by atoms with van der Waals surface area (Å²) in [6.07, 6.45) is 2.63. The maximum absolute atomic E-state index is 11.6. The summed E-state index contributed by atoms with van der Waals surface area (Å²) in [6.45, 7) is 1.30. The number of hydrogen-bond acceptors (Lipinski definition) is 4. The minimum absolute atomic E-state index is 0.115. The van der Waals surface area contributed by atoms with Crippen LogP contribution in [0.2, 0.25) is 0 Å². The Morgan fingerprint density at radius 2 is 1.67 bits per heavy atom. The summed E-state index contributed by atoms with van der Waals surface area (Å²) < 4.78 is 0. The molecule has 24 heavy (non-hydrogen) atoms. The quantitative estimate of drug-likeness (QED) is 0.581. The topological polar surface area (TPSA) is 73.4 Å². The Kier molecular flexibility index (Phi) is 10.3. The smallest absolute Gasteiger partial charge is 0.314 e. The Balaban J connectivity index is 0.000000891. The fourth-order valence-corrected chi connectivity index (χ4v) is 2.68. The molecular formula is C18H27N3O2S. The predicted octanol–water partition coefficient (Wildman–Crippen LogP) is 2.76. The van der Waals surface area contributed by atoms with Crippen molar-refractivity contribution in [1.29, 1.82) is 0 Å². The lowest BCUT2D eigenvalue weighted by molar-refractivity contribution is 0.241. The molecule has 2 amide bonds. The SMILES string of the molecule is CNC.O=C(NCCCc1ccc(O)cc1)NCCc1ccsc1. The normalized spacial score (nSPS) is 9.75. The van der Waals surface area contributed by atoms with Crippen molar-refractivity contribution in [3.8, 4) is 5.75 Å². The average molecular weight is 350 g/mol. The predicted molar refractivity (Wildman–Crippen MR) is 101 cm³/mol. The number of amides is 2. The summed E-state index contributed by atoms with van der Waals surface area (Å²) in [6, 6.07) is 9.12. The van der Waals surface area contributed by atoms with E-state index in [-0.39, 0.29) is 11.8 Å². The molecule has 1 aromatic carbocycles. The summed E-state index contributed by atoms with van der Waals surface area (Å²) in [5.74, 6) is 0.280. The molecule has 6 heteroatoms. The van der Waals surface area contributed by atoms with Gasteiger partial charge in [0.1, 0.15) is 5.75 Å². The number of urea groups is 1. The van der Waals surface area contributed by atoms with Crippen LogP contribution in [0.3, 0.4) is 0 Å². The molecule has 0 aliphatic heterocycles. The number of carbonyl (C=O) groups excluding carboxylic acids is 1. The lowest BCUT2D eigenvalue weighted by Crippen LogP contribution is -2.37. The minimum Gasteiger partial charge on any atom is -0.508 e. The van der Waals surface area contributed by atoms with E-state index in [9.17, 15) is 9.90 Å². The maximum Gasteiger partial charge on any atom is 0.314 e. The van der Waals surface area contributed by atoms with Crippen molar-refractivity contribution in [1.82, 2.24) is 16.0 Å². The van der Waals surface area contributed by atoms with Crippen molar-refractivity contribution >= 4 is 17.4 Å². The fraction of sp³-hybridized carbons (Fsp3) is 0.389. The molecule has 1 heterocycles. The lowest BCUT2D eigenvalue weighted by atomic mass is 10.1. The largest absolute Gasteiger partial charge is 0.508 e. The van der Waals surface area contributed by atoms with Crippen molar-refractivity contribution in [2.45, 2.75) is 19.3 Å². The van der Waals surface area contributed by atoms with Gasteiger partial charge in [-0.2, -0.15) is 11.3 Å². The second-order valence-corrected chi connectivity index (χ2v) is 6.11. The van der Waals surface area contributed by atoms with Gasteiger partial charge in [0.2, 0.25) is 0 Å². The zero-order valence-electron chi connectivity index (χ0n) is 14.3. The van der Waals surface area contributed by atoms with Crippen LogP contribution in [0.5, 0.6) is 5.75 Å². The molecule has 0 aliphatic rings. The van der Waals surface area contributed by atoms with Crippen LogP contribution >= 0.6 is 11.3 Å². The number of phenols is 1. The number of hydrogen-bond donors (Lipinski definition) is 4. The van der Waals surface area contributed by atoms with Crippen molar-refractivity contribution in [2.24, 2.45) is 0 Å². The van der Waals surface area contributed by atoms with E-state index in [1.807, 2.05) is 31.6 Å². The molecule has 132 valence electrons. The monoisotopic (exact) mass is 349 g/mol. The summed E-state index contributed by atoms with van der Waals surface area (Å²) in [4.78, 5) is 11.6. The van der Waals surface area contributed by atoms with E-state index >= 15 is 0 Å². The first-order valence-corrected chi connectivity index (χ1v) is 8.99. The van der Waals surface area contributed by atoms with E-state index in [2.05, 4.69) is 27.4 Å². The summed E-state index contributed by atoms with van der Waals surface area (Å²) in [5.41, 5.74) is 2.42. The molecular weight excluding hydrogens is 322 g/mol. The van der Waals surface area contributed by atoms with Gasteiger partial charge in [-0.15, -0.1) is 0 Å². The van der Waals surface area contributed by atoms with Gasteiger partial charge in [0.05, 0.1) is 0 Å². The van der Waals surface area contributed by atoms with Crippen LogP contribution in [-0.2, 0) is 12.8 Å². The first-order valence-electron chi connectivity index (χ1n) is 8.05. The van der Waals surface area contributed by atoms with E-state index in [4.69, 9.17) is 0 Å². The standard InChI is InChI=1S/C16H20N2O2S.C2H7N/c19-15-5-3-13(4-6-15)2-1-9-17-16(20)18-10-7-14-8-11-21-12-14;1-3-2/h3-6,8,11-12,19H,1-2,7,9-10H2,(H2,17,18,20);3H,1-2H3. The third-order valence-corrected chi connectivity index (χ3v) is 3.88. The summed E-state index contributed by atoms with van der Waals surface area (Å²) in [7, 11) is 3.75. The van der Waals surface area contributed by atoms with Crippen LogP contribution in [-0.4, -0.2) is 38.3 Å². The van der Waals surface area contributed by atoms with Crippen LogP contribution in [0.25, 0.3) is 0 Å². The highest BCUT2D eigenvalue weighted by molar-refractivity contribution is 7.07. The number of benzene rings is 1. The van der Waals surface area contributed by atoms with E-state index < -0.39 is 0 Å². The number of thiophene rings is 1. The molecule has 0 aliphatic carbocycles. The first kappa shape index (κ1) is 20.0. The van der Waals surface area contributed by atoms with Crippen molar-refractivity contribution < 1.29 is 9.90 Å². The fourth-order valence-electron chi connectivity index (χ4n) is 1.97. The molecule has 0 saturated carbocycles. The highest BCUT2D eigenvalue weighted by Gasteiger charge is 2.00. The van der Waals surface area contributed by atoms with Gasteiger partial charge in [-0.1, -0.05) is 12.1 Å². The molecule has 2 aromatic rings. The second-order valence-electron chi connectivity index (χ2n) is 5.33. The van der Waals surface area contributed by atoms with Gasteiger partial charge < -0.3 is 21.1 Å². The number of aromatic hydroxyl groups is 1. The highest BCUT2D eigenvalue weighted by atomic mass is 32.1. The second kappa shape index (κ2) is 12.4. The Hall–Kier alpha value is -2.05. The molecule has 0 radical (unpaired) electrons. The molecule has 0 unspecified atom stereocenters. The molecule has 1 aromatic heterocycles. The number of carbonyl (C=O) groups is 1. The van der Waals surface area contributed by atoms with E-state index in [1.165, 1.54) is 5.56 Å². The summed E-state index contributed by atoms with van der Waals surface area (Å²) >= 11 is 1.67. The van der Waals surface area contributed by atoms with Crippen molar-refractivity contribution in [3.63, 3.8) is 0 Å². The van der Waals surface area contributed by atoms with Crippen LogP contribution in [0.4, 0.5) is 4.79 Å². The van der Waals surface area contributed by atoms with Crippen LogP contribution in [0, 0.1) is 0 Å². The van der Waals surface area contributed by atoms with E-state index in [0.29, 0.717) is 13.1 Å². The van der Waals surface area contributed by atoms with Gasteiger partial charge in [0, 0.05) is 13.1 Å². The molecule has 0 saturated heterocycles. The third-order valence-electron chi connectivity index (χ3n) is 3.14. The van der Waals surface area contributed by atoms with Crippen LogP contribution in [0.1, 0.15) is 17.5 Å². The van der Waals surface area contributed by atoms with Gasteiger partial charge in [-0.05, 0) is 73.4 Å². The molecule has 2 rings (SSSR count). The molecule has 0 spiro atoms. The van der Waals surface area contributed by atoms with Gasteiger partial charge in [0.25, 0.3) is 0 Å². The third kappa shape index (κ3) is 9.17. The van der Waals surface area contributed by atoms with Gasteiger partial charge in [-0.25, -0.2) is 4.79 Å². The number of aryl methyl sites for hydroxylation is 1. The average Bonchev–Trinajstić information content (AvgIpc) is 3.07. The molecule has 5 nitrogen and oxygen atoms in total. The zero-order valence-corrected chi connectivity index (χ0v) is 15.2. The number of phenolic OH excluding ortho intramolecular Hbond substituents is 1. The number of nitrogens with one attached hydrogen (secondary N) is 3. The van der Waals surface area contributed by atoms with Crippen LogP contribution < -0.4 is 16.0 Å². The Morgan fingerprint density at radius 1 is 1.00 bits per heavy atom. The zero-order chi connectivity index (χ0) is 17.6. The van der Waals surface area contributed by atoms with E-state index in [0.717, 1.165) is 24.8 Å².